The largest absolute Gasteiger partial charge is 0.0628 e. The van der Waals surface area contributed by atoms with E-state index < -0.39 is 0 Å². The third kappa shape index (κ3) is 2.46. The van der Waals surface area contributed by atoms with Crippen molar-refractivity contribution >= 4 is 0 Å². The molecule has 0 heterocycles. The molecule has 0 spiro atoms. The molecule has 0 aliphatic heterocycles. The third-order valence-corrected chi connectivity index (χ3v) is 4.87. The highest BCUT2D eigenvalue weighted by atomic mass is 14.6. The Kier molecular flexibility index (Phi) is 2.92. The lowest BCUT2D eigenvalue weighted by Gasteiger charge is -2.34. The van der Waals surface area contributed by atoms with Crippen LogP contribution in [0.1, 0.15) is 79.6 Å². The Morgan fingerprint density at radius 3 is 1.88 bits per heavy atom. The van der Waals surface area contributed by atoms with E-state index in [1.807, 2.05) is 0 Å². The minimum Gasteiger partial charge on any atom is -0.0628 e. The van der Waals surface area contributed by atoms with Crippen molar-refractivity contribution < 1.29 is 0 Å². The Hall–Kier alpha value is 0. The highest BCUT2D eigenvalue weighted by Gasteiger charge is 2.54. The van der Waals surface area contributed by atoms with E-state index >= 15 is 0 Å². The van der Waals surface area contributed by atoms with E-state index in [9.17, 15) is 0 Å². The Labute approximate surface area is 102 Å². The lowest BCUT2D eigenvalue weighted by atomic mass is 9.72. The first kappa shape index (κ1) is 12.5. The summed E-state index contributed by atoms with van der Waals surface area (Å²) in [4.78, 5) is 0. The molecule has 2 aliphatic rings. The molecule has 0 aromatic heterocycles. The van der Waals surface area contributed by atoms with E-state index in [1.54, 1.807) is 6.42 Å². The molecule has 0 atom stereocenters. The Bertz CT molecular complexity index is 246. The zero-order valence-electron chi connectivity index (χ0n) is 12.0. The summed E-state index contributed by atoms with van der Waals surface area (Å²) in [6.07, 6.45) is 10.6. The molecule has 2 saturated carbocycles. The first-order chi connectivity index (χ1) is 7.24. The fourth-order valence-electron chi connectivity index (χ4n) is 4.97. The molecule has 2 bridgehead atoms. The molecule has 0 saturated heterocycles. The molecule has 0 amide bonds. The number of rotatable bonds is 3. The topological polar surface area (TPSA) is 0 Å². The summed E-state index contributed by atoms with van der Waals surface area (Å²) in [5, 5.41) is 0. The van der Waals surface area contributed by atoms with Gasteiger partial charge in [-0.25, -0.2) is 0 Å². The van der Waals surface area contributed by atoms with Crippen LogP contribution in [0, 0.1) is 22.2 Å². The van der Waals surface area contributed by atoms with Gasteiger partial charge in [0.15, 0.2) is 0 Å². The molecular formula is C16H30. The lowest BCUT2D eigenvalue weighted by Crippen LogP contribution is -2.22. The van der Waals surface area contributed by atoms with Gasteiger partial charge in [0.1, 0.15) is 0 Å². The summed E-state index contributed by atoms with van der Waals surface area (Å²) >= 11 is 0. The van der Waals surface area contributed by atoms with Gasteiger partial charge in [-0.2, -0.15) is 0 Å². The van der Waals surface area contributed by atoms with E-state index in [0.717, 1.165) is 16.7 Å². The van der Waals surface area contributed by atoms with Gasteiger partial charge in [0.05, 0.1) is 0 Å². The van der Waals surface area contributed by atoms with Crippen LogP contribution < -0.4 is 0 Å². The zero-order chi connectivity index (χ0) is 12.0. The van der Waals surface area contributed by atoms with E-state index in [2.05, 4.69) is 34.6 Å². The Morgan fingerprint density at radius 1 is 0.938 bits per heavy atom. The summed E-state index contributed by atoms with van der Waals surface area (Å²) in [7, 11) is 0. The SMILES string of the molecule is CC(C)CC12CCC(CC(C)(C)C)(CC1)C2. The van der Waals surface area contributed by atoms with Gasteiger partial charge in [0.25, 0.3) is 0 Å². The molecular weight excluding hydrogens is 192 g/mol. The third-order valence-electron chi connectivity index (χ3n) is 4.87. The van der Waals surface area contributed by atoms with Crippen molar-refractivity contribution in [3.63, 3.8) is 0 Å². The maximum Gasteiger partial charge on any atom is -0.0287 e. The molecule has 0 radical (unpaired) electrons. The predicted octanol–water partition coefficient (Wildman–Crippen LogP) is 5.42. The standard InChI is InChI=1S/C16H30/c1-13(2)10-15-6-8-16(12-15,9-7-15)11-14(3,4)5/h13H,6-12H2,1-5H3. The maximum absolute atomic E-state index is 2.42. The normalized spacial score (nSPS) is 38.6. The van der Waals surface area contributed by atoms with E-state index in [0.29, 0.717) is 5.41 Å². The molecule has 94 valence electrons. The molecule has 16 heavy (non-hydrogen) atoms. The minimum atomic E-state index is 0.526. The second-order valence-corrected chi connectivity index (χ2v) is 8.51. The summed E-state index contributed by atoms with van der Waals surface area (Å²) in [6, 6.07) is 0. The van der Waals surface area contributed by atoms with Crippen molar-refractivity contribution in [1.29, 1.82) is 0 Å². The molecule has 2 aliphatic carbocycles. The number of hydrogen-bond acceptors (Lipinski definition) is 0. The molecule has 0 unspecified atom stereocenters. The second kappa shape index (κ2) is 3.75. The quantitative estimate of drug-likeness (QED) is 0.598. The summed E-state index contributed by atoms with van der Waals surface area (Å²) in [5.41, 5.74) is 2.03. The van der Waals surface area contributed by atoms with Gasteiger partial charge in [0, 0.05) is 0 Å². The van der Waals surface area contributed by atoms with Crippen molar-refractivity contribution in [3.05, 3.63) is 0 Å². The van der Waals surface area contributed by atoms with Crippen LogP contribution in [-0.4, -0.2) is 0 Å². The highest BCUT2D eigenvalue weighted by Crippen LogP contribution is 2.66. The fourth-order valence-corrected chi connectivity index (χ4v) is 4.97. The van der Waals surface area contributed by atoms with E-state index in [4.69, 9.17) is 0 Å². The maximum atomic E-state index is 2.42. The van der Waals surface area contributed by atoms with Gasteiger partial charge in [-0.05, 0) is 67.1 Å². The van der Waals surface area contributed by atoms with Gasteiger partial charge in [-0.3, -0.25) is 0 Å². The number of hydrogen-bond donors (Lipinski definition) is 0. The number of fused-ring (bicyclic) bond motifs is 2. The molecule has 0 aromatic rings. The highest BCUT2D eigenvalue weighted by molar-refractivity contribution is 5.05. The first-order valence-electron chi connectivity index (χ1n) is 7.24. The van der Waals surface area contributed by atoms with E-state index in [1.165, 1.54) is 38.5 Å². The Balaban J connectivity index is 2.03. The summed E-state index contributed by atoms with van der Waals surface area (Å²) < 4.78 is 0. The molecule has 0 N–H and O–H groups in total. The smallest absolute Gasteiger partial charge is 0.0287 e. The van der Waals surface area contributed by atoms with Gasteiger partial charge in [0.2, 0.25) is 0 Å². The van der Waals surface area contributed by atoms with Crippen molar-refractivity contribution in [1.82, 2.24) is 0 Å². The van der Waals surface area contributed by atoms with Crippen LogP contribution in [0.4, 0.5) is 0 Å². The summed E-state index contributed by atoms with van der Waals surface area (Å²) in [6.45, 7) is 12.1. The van der Waals surface area contributed by atoms with Crippen LogP contribution in [0.3, 0.4) is 0 Å². The first-order valence-corrected chi connectivity index (χ1v) is 7.24. The van der Waals surface area contributed by atoms with Crippen LogP contribution in [0.2, 0.25) is 0 Å². The lowest BCUT2D eigenvalue weighted by molar-refractivity contribution is 0.177. The van der Waals surface area contributed by atoms with Crippen LogP contribution in [0.5, 0.6) is 0 Å². The summed E-state index contributed by atoms with van der Waals surface area (Å²) in [5.74, 6) is 0.892. The van der Waals surface area contributed by atoms with E-state index in [-0.39, 0.29) is 0 Å². The molecule has 2 rings (SSSR count). The van der Waals surface area contributed by atoms with Crippen molar-refractivity contribution in [2.75, 3.05) is 0 Å². The molecule has 0 heteroatoms. The van der Waals surface area contributed by atoms with Crippen LogP contribution in [0.15, 0.2) is 0 Å². The van der Waals surface area contributed by atoms with Crippen molar-refractivity contribution in [3.8, 4) is 0 Å². The van der Waals surface area contributed by atoms with Crippen LogP contribution in [-0.2, 0) is 0 Å². The zero-order valence-corrected chi connectivity index (χ0v) is 12.0. The van der Waals surface area contributed by atoms with Crippen molar-refractivity contribution in [2.24, 2.45) is 22.2 Å². The second-order valence-electron chi connectivity index (χ2n) is 8.51. The van der Waals surface area contributed by atoms with Gasteiger partial charge in [-0.1, -0.05) is 34.6 Å². The Morgan fingerprint density at radius 2 is 1.44 bits per heavy atom. The molecule has 2 fully saturated rings. The monoisotopic (exact) mass is 222 g/mol. The van der Waals surface area contributed by atoms with Crippen molar-refractivity contribution in [2.45, 2.75) is 79.6 Å². The predicted molar refractivity (Wildman–Crippen MR) is 71.5 cm³/mol. The fraction of sp³-hybridized carbons (Fsp3) is 1.00. The van der Waals surface area contributed by atoms with Gasteiger partial charge >= 0.3 is 0 Å². The van der Waals surface area contributed by atoms with Gasteiger partial charge < -0.3 is 0 Å². The molecule has 0 nitrogen and oxygen atoms in total. The average Bonchev–Trinajstić information content (AvgIpc) is 2.53. The average molecular weight is 222 g/mol. The molecule has 0 aromatic carbocycles. The minimum absolute atomic E-state index is 0.526. The van der Waals surface area contributed by atoms with Gasteiger partial charge in [-0.15, -0.1) is 0 Å². The van der Waals surface area contributed by atoms with Crippen LogP contribution in [0.25, 0.3) is 0 Å². The van der Waals surface area contributed by atoms with Crippen LogP contribution >= 0.6 is 0 Å².